The highest BCUT2D eigenvalue weighted by atomic mass is 19.4. The van der Waals surface area contributed by atoms with Crippen LogP contribution in [0.3, 0.4) is 0 Å². The molecule has 1 unspecified atom stereocenters. The van der Waals surface area contributed by atoms with Gasteiger partial charge in [-0.3, -0.25) is 14.5 Å². The molecule has 134 valence electrons. The molecule has 8 heteroatoms. The standard InChI is InChI=1S/C17H19F3N4O/c1-11(12-5-4-8-21-9-12)22-15(25)10-24-14-7-3-2-6-13(14)16(23-24)17(18,19)20/h4-5,8-9,11H,2-3,6-7,10H2,1H3,(H,22,25). The number of nitrogens with one attached hydrogen (secondary N) is 1. The highest BCUT2D eigenvalue weighted by molar-refractivity contribution is 5.76. The Kier molecular flexibility index (Phi) is 4.78. The average Bonchev–Trinajstić information content (AvgIpc) is 2.94. The summed E-state index contributed by atoms with van der Waals surface area (Å²) in [5.74, 6) is -0.374. The Hall–Kier alpha value is -2.38. The Bertz CT molecular complexity index is 755. The van der Waals surface area contributed by atoms with Crippen LogP contribution in [-0.2, 0) is 30.4 Å². The highest BCUT2D eigenvalue weighted by Crippen LogP contribution is 2.35. The molecule has 25 heavy (non-hydrogen) atoms. The number of aromatic nitrogens is 3. The fourth-order valence-corrected chi connectivity index (χ4v) is 3.17. The first-order valence-corrected chi connectivity index (χ1v) is 8.21. The molecule has 1 amide bonds. The van der Waals surface area contributed by atoms with Crippen LogP contribution in [0.4, 0.5) is 13.2 Å². The number of amides is 1. The second-order valence-corrected chi connectivity index (χ2v) is 6.21. The lowest BCUT2D eigenvalue weighted by Crippen LogP contribution is -2.31. The van der Waals surface area contributed by atoms with Gasteiger partial charge in [0.25, 0.3) is 0 Å². The fourth-order valence-electron chi connectivity index (χ4n) is 3.17. The third-order valence-electron chi connectivity index (χ3n) is 4.38. The molecule has 1 N–H and O–H groups in total. The summed E-state index contributed by atoms with van der Waals surface area (Å²) in [4.78, 5) is 16.3. The van der Waals surface area contributed by atoms with Crippen molar-refractivity contribution in [3.05, 3.63) is 47.0 Å². The predicted octanol–water partition coefficient (Wildman–Crippen LogP) is 3.05. The Morgan fingerprint density at radius 1 is 1.36 bits per heavy atom. The summed E-state index contributed by atoms with van der Waals surface area (Å²) in [5, 5.41) is 6.48. The Labute approximate surface area is 143 Å². The van der Waals surface area contributed by atoms with Crippen molar-refractivity contribution in [3.63, 3.8) is 0 Å². The molecule has 2 aromatic rings. The van der Waals surface area contributed by atoms with E-state index in [0.717, 1.165) is 12.0 Å². The van der Waals surface area contributed by atoms with Crippen molar-refractivity contribution in [1.82, 2.24) is 20.1 Å². The third-order valence-corrected chi connectivity index (χ3v) is 4.38. The number of fused-ring (bicyclic) bond motifs is 1. The van der Waals surface area contributed by atoms with Crippen molar-refractivity contribution in [2.24, 2.45) is 0 Å². The van der Waals surface area contributed by atoms with Crippen molar-refractivity contribution in [3.8, 4) is 0 Å². The third kappa shape index (κ3) is 3.83. The molecule has 5 nitrogen and oxygen atoms in total. The SMILES string of the molecule is CC(NC(=O)Cn1nc(C(F)(F)F)c2c1CCCC2)c1cccnc1. The van der Waals surface area contributed by atoms with E-state index in [-0.39, 0.29) is 24.1 Å². The van der Waals surface area contributed by atoms with E-state index < -0.39 is 11.9 Å². The van der Waals surface area contributed by atoms with Gasteiger partial charge in [-0.25, -0.2) is 0 Å². The van der Waals surface area contributed by atoms with Crippen LogP contribution in [0.5, 0.6) is 0 Å². The quantitative estimate of drug-likeness (QED) is 0.920. The van der Waals surface area contributed by atoms with Gasteiger partial charge in [-0.1, -0.05) is 6.07 Å². The number of pyridine rings is 1. The van der Waals surface area contributed by atoms with Gasteiger partial charge in [0, 0.05) is 23.7 Å². The molecule has 0 saturated heterocycles. The highest BCUT2D eigenvalue weighted by Gasteiger charge is 2.39. The number of hydrogen-bond donors (Lipinski definition) is 1. The molecule has 2 heterocycles. The monoisotopic (exact) mass is 352 g/mol. The van der Waals surface area contributed by atoms with Gasteiger partial charge in [-0.05, 0) is 44.2 Å². The van der Waals surface area contributed by atoms with E-state index in [0.29, 0.717) is 25.0 Å². The Morgan fingerprint density at radius 3 is 2.80 bits per heavy atom. The zero-order valence-corrected chi connectivity index (χ0v) is 13.8. The van der Waals surface area contributed by atoms with Gasteiger partial charge < -0.3 is 5.32 Å². The van der Waals surface area contributed by atoms with Gasteiger partial charge in [0.15, 0.2) is 5.69 Å². The molecule has 3 rings (SSSR count). The van der Waals surface area contributed by atoms with Gasteiger partial charge in [0.1, 0.15) is 6.54 Å². The van der Waals surface area contributed by atoms with E-state index in [9.17, 15) is 18.0 Å². The average molecular weight is 352 g/mol. The van der Waals surface area contributed by atoms with E-state index in [4.69, 9.17) is 0 Å². The maximum Gasteiger partial charge on any atom is 0.435 e. The van der Waals surface area contributed by atoms with Gasteiger partial charge in [-0.2, -0.15) is 18.3 Å². The van der Waals surface area contributed by atoms with E-state index in [1.165, 1.54) is 4.68 Å². The minimum absolute atomic E-state index is 0.219. The molecular weight excluding hydrogens is 333 g/mol. The maximum absolute atomic E-state index is 13.2. The van der Waals surface area contributed by atoms with Gasteiger partial charge in [-0.15, -0.1) is 0 Å². The molecule has 0 radical (unpaired) electrons. The molecule has 0 saturated carbocycles. The number of hydrogen-bond acceptors (Lipinski definition) is 3. The first-order valence-electron chi connectivity index (χ1n) is 8.21. The van der Waals surface area contributed by atoms with E-state index in [2.05, 4.69) is 15.4 Å². The van der Waals surface area contributed by atoms with Crippen LogP contribution < -0.4 is 5.32 Å². The predicted molar refractivity (Wildman–Crippen MR) is 84.7 cm³/mol. The maximum atomic E-state index is 13.2. The lowest BCUT2D eigenvalue weighted by atomic mass is 9.95. The number of carbonyl (C=O) groups excluding carboxylic acids is 1. The summed E-state index contributed by atoms with van der Waals surface area (Å²) >= 11 is 0. The summed E-state index contributed by atoms with van der Waals surface area (Å²) in [6.07, 6.45) is 1.18. The first kappa shape index (κ1) is 17.4. The molecule has 1 atom stereocenters. The molecule has 0 aliphatic heterocycles. The van der Waals surface area contributed by atoms with Crippen LogP contribution in [0.1, 0.15) is 48.3 Å². The molecule has 0 spiro atoms. The smallest absolute Gasteiger partial charge is 0.348 e. The largest absolute Gasteiger partial charge is 0.435 e. The minimum Gasteiger partial charge on any atom is -0.348 e. The van der Waals surface area contributed by atoms with Crippen molar-refractivity contribution >= 4 is 5.91 Å². The van der Waals surface area contributed by atoms with Gasteiger partial charge >= 0.3 is 6.18 Å². The second kappa shape index (κ2) is 6.85. The number of rotatable bonds is 4. The van der Waals surface area contributed by atoms with E-state index in [1.807, 2.05) is 6.07 Å². The number of carbonyl (C=O) groups is 1. The summed E-state index contributed by atoms with van der Waals surface area (Å²) < 4.78 is 40.7. The van der Waals surface area contributed by atoms with E-state index >= 15 is 0 Å². The molecule has 1 aliphatic rings. The summed E-state index contributed by atoms with van der Waals surface area (Å²) in [6, 6.07) is 3.31. The van der Waals surface area contributed by atoms with Crippen LogP contribution >= 0.6 is 0 Å². The minimum atomic E-state index is -4.49. The molecule has 0 bridgehead atoms. The fraction of sp³-hybridized carbons (Fsp3) is 0.471. The second-order valence-electron chi connectivity index (χ2n) is 6.21. The number of nitrogens with zero attached hydrogens (tertiary/aromatic N) is 3. The summed E-state index contributed by atoms with van der Waals surface area (Å²) in [6.45, 7) is 1.58. The van der Waals surface area contributed by atoms with Crippen molar-refractivity contribution in [2.75, 3.05) is 0 Å². The van der Waals surface area contributed by atoms with Crippen LogP contribution in [0, 0.1) is 0 Å². The number of alkyl halides is 3. The zero-order chi connectivity index (χ0) is 18.0. The van der Waals surface area contributed by atoms with Crippen LogP contribution in [0.15, 0.2) is 24.5 Å². The van der Waals surface area contributed by atoms with Gasteiger partial charge in [0.2, 0.25) is 5.91 Å². The molecule has 2 aromatic heterocycles. The van der Waals surface area contributed by atoms with Crippen molar-refractivity contribution in [2.45, 2.75) is 51.4 Å². The summed E-state index contributed by atoms with van der Waals surface area (Å²) in [7, 11) is 0. The topological polar surface area (TPSA) is 59.8 Å². The zero-order valence-electron chi connectivity index (χ0n) is 13.8. The molecule has 0 fully saturated rings. The van der Waals surface area contributed by atoms with Crippen molar-refractivity contribution < 1.29 is 18.0 Å². The molecule has 0 aromatic carbocycles. The first-order chi connectivity index (χ1) is 11.9. The Balaban J connectivity index is 1.76. The van der Waals surface area contributed by atoms with Crippen molar-refractivity contribution in [1.29, 1.82) is 0 Å². The lowest BCUT2D eigenvalue weighted by Gasteiger charge is -2.16. The summed E-state index contributed by atoms with van der Waals surface area (Å²) in [5.41, 5.74) is 0.749. The van der Waals surface area contributed by atoms with E-state index in [1.54, 1.807) is 25.4 Å². The molecule has 1 aliphatic carbocycles. The van der Waals surface area contributed by atoms with Crippen LogP contribution in [-0.4, -0.2) is 20.7 Å². The number of halogens is 3. The van der Waals surface area contributed by atoms with Crippen LogP contribution in [0.25, 0.3) is 0 Å². The van der Waals surface area contributed by atoms with Crippen LogP contribution in [0.2, 0.25) is 0 Å². The van der Waals surface area contributed by atoms with Gasteiger partial charge in [0.05, 0.1) is 6.04 Å². The Morgan fingerprint density at radius 2 is 2.12 bits per heavy atom. The lowest BCUT2D eigenvalue weighted by molar-refractivity contribution is -0.142. The molecular formula is C17H19F3N4O. The normalized spacial score (nSPS) is 15.5.